The van der Waals surface area contributed by atoms with E-state index in [-0.39, 0.29) is 22.1 Å². The number of ether oxygens (including phenoxy) is 4. The predicted molar refractivity (Wildman–Crippen MR) is 142 cm³/mol. The third-order valence-electron chi connectivity index (χ3n) is 6.15. The number of hydrazone groups is 1. The zero-order valence-corrected chi connectivity index (χ0v) is 22.6. The van der Waals surface area contributed by atoms with Gasteiger partial charge in [-0.25, -0.2) is 13.8 Å². The number of anilines is 1. The van der Waals surface area contributed by atoms with E-state index < -0.39 is 22.5 Å². The van der Waals surface area contributed by atoms with Crippen molar-refractivity contribution in [3.8, 4) is 23.0 Å². The number of carbonyl (C=O) groups excluding carboxylic acids is 1. The van der Waals surface area contributed by atoms with Gasteiger partial charge in [0.05, 0.1) is 39.0 Å². The van der Waals surface area contributed by atoms with Crippen molar-refractivity contribution in [2.75, 3.05) is 39.3 Å². The summed E-state index contributed by atoms with van der Waals surface area (Å²) in [6, 6.07) is 8.96. The van der Waals surface area contributed by atoms with Crippen molar-refractivity contribution in [3.63, 3.8) is 0 Å². The Labute approximate surface area is 218 Å². The van der Waals surface area contributed by atoms with Crippen LogP contribution in [0.4, 0.5) is 5.69 Å². The van der Waals surface area contributed by atoms with Gasteiger partial charge >= 0.3 is 0 Å². The number of hydrogen-bond donors (Lipinski definition) is 1. The van der Waals surface area contributed by atoms with Crippen LogP contribution in [-0.4, -0.2) is 55.0 Å². The summed E-state index contributed by atoms with van der Waals surface area (Å²) in [4.78, 5) is 12.9. The van der Waals surface area contributed by atoms with E-state index in [0.717, 1.165) is 48.5 Å². The first-order chi connectivity index (χ1) is 17.8. The summed E-state index contributed by atoms with van der Waals surface area (Å²) in [7, 11) is 1.50. The molecule has 3 rings (SSSR count). The average molecular weight is 534 g/mol. The Morgan fingerprint density at radius 1 is 0.838 bits per heavy atom. The topological polar surface area (TPSA) is 116 Å². The lowest BCUT2D eigenvalue weighted by Gasteiger charge is -2.26. The molecule has 0 aliphatic heterocycles. The van der Waals surface area contributed by atoms with E-state index in [1.54, 1.807) is 12.1 Å². The molecule has 1 N–H and O–H groups in total. The molecule has 0 radical (unpaired) electrons. The largest absolute Gasteiger partial charge is 0.497 e. The molecule has 0 heterocycles. The summed E-state index contributed by atoms with van der Waals surface area (Å²) in [5, 5.41) is 4.32. The summed E-state index contributed by atoms with van der Waals surface area (Å²) < 4.78 is 50.1. The maximum Gasteiger partial charge on any atom is 0.265 e. The van der Waals surface area contributed by atoms with Gasteiger partial charge in [-0.05, 0) is 49.9 Å². The van der Waals surface area contributed by atoms with Crippen LogP contribution in [0.1, 0.15) is 44.9 Å². The Balaban J connectivity index is 2.00. The zero-order valence-electron chi connectivity index (χ0n) is 21.8. The molecule has 202 valence electrons. The normalized spacial score (nSPS) is 14.1. The van der Waals surface area contributed by atoms with Gasteiger partial charge in [0.25, 0.3) is 15.9 Å². The van der Waals surface area contributed by atoms with Crippen LogP contribution in [0, 0.1) is 0 Å². The summed E-state index contributed by atoms with van der Waals surface area (Å²) in [5.74, 6) is 0.687. The molecule has 1 aliphatic carbocycles. The van der Waals surface area contributed by atoms with Crippen LogP contribution in [0.3, 0.4) is 0 Å². The van der Waals surface area contributed by atoms with Gasteiger partial charge in [0.2, 0.25) is 0 Å². The van der Waals surface area contributed by atoms with E-state index in [2.05, 4.69) is 10.5 Å². The number of methoxy groups -OCH3 is 4. The lowest BCUT2D eigenvalue weighted by atomic mass is 9.99. The molecule has 1 saturated carbocycles. The smallest absolute Gasteiger partial charge is 0.265 e. The highest BCUT2D eigenvalue weighted by molar-refractivity contribution is 7.92. The molecule has 2 aromatic rings. The molecule has 1 aliphatic rings. The predicted octanol–water partition coefficient (Wildman–Crippen LogP) is 4.13. The molecule has 2 aromatic carbocycles. The minimum absolute atomic E-state index is 0.0887. The van der Waals surface area contributed by atoms with Crippen molar-refractivity contribution >= 4 is 27.3 Å². The van der Waals surface area contributed by atoms with E-state index in [1.165, 1.54) is 59.1 Å². The van der Waals surface area contributed by atoms with Crippen molar-refractivity contribution in [2.45, 2.75) is 49.8 Å². The van der Waals surface area contributed by atoms with Gasteiger partial charge < -0.3 is 18.9 Å². The number of nitrogens with one attached hydrogen (secondary N) is 1. The van der Waals surface area contributed by atoms with Crippen molar-refractivity contribution < 1.29 is 32.2 Å². The maximum absolute atomic E-state index is 13.9. The summed E-state index contributed by atoms with van der Waals surface area (Å²) in [6.07, 6.45) is 7.17. The quantitative estimate of drug-likeness (QED) is 0.457. The van der Waals surface area contributed by atoms with Gasteiger partial charge in [-0.1, -0.05) is 19.3 Å². The third kappa shape index (κ3) is 7.06. The first-order valence-corrected chi connectivity index (χ1v) is 13.6. The summed E-state index contributed by atoms with van der Waals surface area (Å²) in [6.45, 7) is -0.531. The van der Waals surface area contributed by atoms with Crippen molar-refractivity contribution in [1.29, 1.82) is 0 Å². The molecule has 10 nitrogen and oxygen atoms in total. The van der Waals surface area contributed by atoms with Crippen LogP contribution in [-0.2, 0) is 14.8 Å². The second-order valence-corrected chi connectivity index (χ2v) is 10.4. The fraction of sp³-hybridized carbons (Fsp3) is 0.462. The van der Waals surface area contributed by atoms with E-state index >= 15 is 0 Å². The molecule has 0 spiro atoms. The molecule has 0 atom stereocenters. The first kappa shape index (κ1) is 28.1. The van der Waals surface area contributed by atoms with Gasteiger partial charge in [-0.2, -0.15) is 5.10 Å². The van der Waals surface area contributed by atoms with E-state index in [1.807, 2.05) is 0 Å². The molecule has 0 aromatic heterocycles. The Morgan fingerprint density at radius 3 is 2.08 bits per heavy atom. The van der Waals surface area contributed by atoms with Gasteiger partial charge in [0, 0.05) is 17.8 Å². The highest BCUT2D eigenvalue weighted by Crippen LogP contribution is 2.37. The number of nitrogens with zero attached hydrogens (tertiary/aromatic N) is 2. The molecular formula is C26H35N3O7S. The zero-order chi connectivity index (χ0) is 26.8. The van der Waals surface area contributed by atoms with Gasteiger partial charge in [0.1, 0.15) is 18.0 Å². The van der Waals surface area contributed by atoms with Crippen LogP contribution in [0.5, 0.6) is 23.0 Å². The van der Waals surface area contributed by atoms with E-state index in [4.69, 9.17) is 18.9 Å². The number of rotatable bonds is 10. The standard InChI is InChI=1S/C26H35N3O7S/c1-33-20-12-14-23(34-2)22(16-20)29(18-26(30)28-27-19-10-8-6-5-7-9-11-19)37(31,32)21-13-15-24(35-3)25(17-21)36-4/h12-17H,5-11,18H2,1-4H3,(H,28,30). The molecule has 37 heavy (non-hydrogen) atoms. The first-order valence-electron chi connectivity index (χ1n) is 12.1. The van der Waals surface area contributed by atoms with Gasteiger partial charge in [-0.15, -0.1) is 0 Å². The minimum Gasteiger partial charge on any atom is -0.497 e. The Morgan fingerprint density at radius 2 is 1.46 bits per heavy atom. The molecular weight excluding hydrogens is 498 g/mol. The number of hydrogen-bond acceptors (Lipinski definition) is 8. The second kappa shape index (κ2) is 13.2. The Kier molecular flexibility index (Phi) is 10.0. The average Bonchev–Trinajstić information content (AvgIpc) is 2.90. The van der Waals surface area contributed by atoms with Crippen molar-refractivity contribution in [2.24, 2.45) is 5.10 Å². The summed E-state index contributed by atoms with van der Waals surface area (Å²) in [5.41, 5.74) is 3.62. The lowest BCUT2D eigenvalue weighted by Crippen LogP contribution is -2.40. The molecule has 0 saturated heterocycles. The fourth-order valence-corrected chi connectivity index (χ4v) is 5.57. The van der Waals surface area contributed by atoms with Gasteiger partial charge in [-0.3, -0.25) is 9.10 Å². The number of amides is 1. The highest BCUT2D eigenvalue weighted by atomic mass is 32.2. The molecule has 0 unspecified atom stereocenters. The maximum atomic E-state index is 13.9. The molecule has 0 bridgehead atoms. The molecule has 11 heteroatoms. The van der Waals surface area contributed by atoms with Crippen LogP contribution in [0.2, 0.25) is 0 Å². The third-order valence-corrected chi connectivity index (χ3v) is 7.91. The van der Waals surface area contributed by atoms with E-state index in [9.17, 15) is 13.2 Å². The van der Waals surface area contributed by atoms with Crippen molar-refractivity contribution in [1.82, 2.24) is 5.43 Å². The minimum atomic E-state index is -4.27. The van der Waals surface area contributed by atoms with Crippen LogP contribution >= 0.6 is 0 Å². The van der Waals surface area contributed by atoms with Crippen LogP contribution in [0.15, 0.2) is 46.4 Å². The monoisotopic (exact) mass is 533 g/mol. The number of benzene rings is 2. The summed E-state index contributed by atoms with van der Waals surface area (Å²) >= 11 is 0. The van der Waals surface area contributed by atoms with E-state index in [0.29, 0.717) is 11.5 Å². The Bertz CT molecular complexity index is 1200. The van der Waals surface area contributed by atoms with Gasteiger partial charge in [0.15, 0.2) is 11.5 Å². The lowest BCUT2D eigenvalue weighted by molar-refractivity contribution is -0.119. The molecule has 1 fully saturated rings. The number of sulfonamides is 1. The molecule has 1 amide bonds. The second-order valence-electron chi connectivity index (χ2n) is 8.55. The highest BCUT2D eigenvalue weighted by Gasteiger charge is 2.31. The van der Waals surface area contributed by atoms with Crippen LogP contribution < -0.4 is 28.7 Å². The SMILES string of the molecule is COc1ccc(OC)c(N(CC(=O)NN=C2CCCCCCC2)S(=O)(=O)c2ccc(OC)c(OC)c2)c1. The number of carbonyl (C=O) groups is 1. The Hall–Kier alpha value is -3.47. The van der Waals surface area contributed by atoms with Crippen molar-refractivity contribution in [3.05, 3.63) is 36.4 Å². The van der Waals surface area contributed by atoms with Crippen LogP contribution in [0.25, 0.3) is 0 Å². The fourth-order valence-electron chi connectivity index (χ4n) is 4.13.